The van der Waals surface area contributed by atoms with Crippen LogP contribution in [0, 0.1) is 6.07 Å². The molecule has 1 radical (unpaired) electrons. The fourth-order valence-corrected chi connectivity index (χ4v) is 2.74. The van der Waals surface area contributed by atoms with E-state index >= 15 is 0 Å². The van der Waals surface area contributed by atoms with E-state index in [0.717, 1.165) is 5.69 Å². The zero-order valence-electron chi connectivity index (χ0n) is 11.1. The second kappa shape index (κ2) is 5.73. The third-order valence-corrected chi connectivity index (χ3v) is 4.30. The van der Waals surface area contributed by atoms with Gasteiger partial charge < -0.3 is 4.90 Å². The van der Waals surface area contributed by atoms with Crippen LogP contribution in [0.2, 0.25) is 5.02 Å². The second-order valence-electron chi connectivity index (χ2n) is 4.41. The van der Waals surface area contributed by atoms with Gasteiger partial charge in [-0.25, -0.2) is 8.42 Å². The molecule has 0 aromatic heterocycles. The maximum Gasteiger partial charge on any atom is 0.261 e. The first-order chi connectivity index (χ1) is 9.38. The molecular formula is C14H14ClN2O2S. The number of nitrogens with zero attached hydrogens (tertiary/aromatic N) is 1. The van der Waals surface area contributed by atoms with Crippen LogP contribution in [0.4, 0.5) is 11.4 Å². The van der Waals surface area contributed by atoms with Gasteiger partial charge in [0.05, 0.1) is 10.6 Å². The van der Waals surface area contributed by atoms with E-state index in [-0.39, 0.29) is 4.90 Å². The summed E-state index contributed by atoms with van der Waals surface area (Å²) in [6, 6.07) is 14.1. The van der Waals surface area contributed by atoms with Crippen molar-refractivity contribution in [2.24, 2.45) is 0 Å². The minimum atomic E-state index is -3.61. The fraction of sp³-hybridized carbons (Fsp3) is 0.143. The second-order valence-corrected chi connectivity index (χ2v) is 6.53. The van der Waals surface area contributed by atoms with Crippen molar-refractivity contribution in [3.05, 3.63) is 53.6 Å². The van der Waals surface area contributed by atoms with E-state index in [2.05, 4.69) is 10.8 Å². The largest absolute Gasteiger partial charge is 0.378 e. The van der Waals surface area contributed by atoms with E-state index in [4.69, 9.17) is 11.6 Å². The summed E-state index contributed by atoms with van der Waals surface area (Å²) in [7, 11) is 0.175. The fourth-order valence-electron chi connectivity index (χ4n) is 1.60. The summed E-state index contributed by atoms with van der Waals surface area (Å²) < 4.78 is 26.8. The van der Waals surface area contributed by atoms with Crippen molar-refractivity contribution in [1.29, 1.82) is 0 Å². The molecule has 0 aliphatic heterocycles. The Kier molecular flexibility index (Phi) is 4.20. The number of benzene rings is 2. The molecule has 6 heteroatoms. The lowest BCUT2D eigenvalue weighted by Crippen LogP contribution is -2.13. The first-order valence-corrected chi connectivity index (χ1v) is 7.72. The Bertz CT molecular complexity index is 680. The molecule has 20 heavy (non-hydrogen) atoms. The van der Waals surface area contributed by atoms with Gasteiger partial charge in [-0.1, -0.05) is 11.6 Å². The van der Waals surface area contributed by atoms with E-state index < -0.39 is 10.0 Å². The third-order valence-electron chi connectivity index (χ3n) is 2.68. The molecular weight excluding hydrogens is 296 g/mol. The van der Waals surface area contributed by atoms with E-state index in [1.165, 1.54) is 6.07 Å². The minimum Gasteiger partial charge on any atom is -0.378 e. The smallest absolute Gasteiger partial charge is 0.261 e. The van der Waals surface area contributed by atoms with Crippen molar-refractivity contribution in [2.75, 3.05) is 23.7 Å². The van der Waals surface area contributed by atoms with Crippen LogP contribution in [-0.2, 0) is 10.0 Å². The molecule has 0 heterocycles. The van der Waals surface area contributed by atoms with E-state index in [0.29, 0.717) is 10.7 Å². The highest BCUT2D eigenvalue weighted by atomic mass is 35.5. The zero-order valence-corrected chi connectivity index (χ0v) is 12.7. The molecule has 0 aliphatic carbocycles. The molecule has 2 rings (SSSR count). The normalized spacial score (nSPS) is 11.2. The molecule has 105 valence electrons. The van der Waals surface area contributed by atoms with Crippen molar-refractivity contribution in [3.8, 4) is 0 Å². The van der Waals surface area contributed by atoms with Crippen LogP contribution >= 0.6 is 11.6 Å². The number of anilines is 2. The molecule has 0 saturated heterocycles. The maximum absolute atomic E-state index is 12.2. The lowest BCUT2D eigenvalue weighted by atomic mass is 10.3. The van der Waals surface area contributed by atoms with Gasteiger partial charge >= 0.3 is 0 Å². The summed E-state index contributed by atoms with van der Waals surface area (Å²) in [5, 5.41) is 0.503. The van der Waals surface area contributed by atoms with Gasteiger partial charge in [0.2, 0.25) is 0 Å². The van der Waals surface area contributed by atoms with E-state index in [1.807, 2.05) is 19.0 Å². The van der Waals surface area contributed by atoms with Crippen LogP contribution in [0.15, 0.2) is 47.4 Å². The molecule has 0 amide bonds. The van der Waals surface area contributed by atoms with Crippen LogP contribution in [0.1, 0.15) is 0 Å². The van der Waals surface area contributed by atoms with E-state index in [9.17, 15) is 8.42 Å². The van der Waals surface area contributed by atoms with Gasteiger partial charge in [0.15, 0.2) is 0 Å². The molecule has 0 atom stereocenters. The van der Waals surface area contributed by atoms with E-state index in [1.54, 1.807) is 36.4 Å². The number of nitrogens with one attached hydrogen (secondary N) is 1. The summed E-state index contributed by atoms with van der Waals surface area (Å²) in [5.74, 6) is 0. The molecule has 2 aromatic carbocycles. The average Bonchev–Trinajstić information content (AvgIpc) is 2.41. The Balaban J connectivity index is 2.23. The average molecular weight is 310 g/mol. The minimum absolute atomic E-state index is 0.200. The monoisotopic (exact) mass is 309 g/mol. The summed E-state index contributed by atoms with van der Waals surface area (Å²) in [4.78, 5) is 2.10. The van der Waals surface area contributed by atoms with Crippen molar-refractivity contribution in [1.82, 2.24) is 0 Å². The first kappa shape index (κ1) is 14.7. The summed E-state index contributed by atoms with van der Waals surface area (Å²) in [5.41, 5.74) is 1.29. The Morgan fingerprint density at radius 3 is 2.25 bits per heavy atom. The third kappa shape index (κ3) is 3.43. The maximum atomic E-state index is 12.2. The van der Waals surface area contributed by atoms with Crippen LogP contribution in [0.25, 0.3) is 0 Å². The van der Waals surface area contributed by atoms with Gasteiger partial charge in [-0.15, -0.1) is 0 Å². The predicted octanol–water partition coefficient (Wildman–Crippen LogP) is 3.01. The van der Waals surface area contributed by atoms with Crippen LogP contribution in [-0.4, -0.2) is 22.5 Å². The zero-order chi connectivity index (χ0) is 14.8. The standard InChI is InChI=1S/C14H14ClN2O2S/c1-17(2)13-7-9-14(10-8-13)20(18,19)16-12-5-3-11(15)4-6-12/h3-5,7-10,16H,1-2H3. The van der Waals surface area contributed by atoms with Crippen molar-refractivity contribution < 1.29 is 8.42 Å². The van der Waals surface area contributed by atoms with Crippen molar-refractivity contribution in [3.63, 3.8) is 0 Å². The van der Waals surface area contributed by atoms with Gasteiger partial charge in [0.1, 0.15) is 0 Å². The number of hydrogen-bond acceptors (Lipinski definition) is 3. The molecule has 0 fully saturated rings. The summed E-state index contributed by atoms with van der Waals surface area (Å²) in [6.07, 6.45) is 0. The Labute approximate surface area is 124 Å². The number of rotatable bonds is 4. The molecule has 0 aliphatic rings. The Morgan fingerprint density at radius 1 is 1.10 bits per heavy atom. The first-order valence-electron chi connectivity index (χ1n) is 5.86. The Morgan fingerprint density at radius 2 is 1.75 bits per heavy atom. The molecule has 2 aromatic rings. The molecule has 0 bridgehead atoms. The molecule has 0 saturated carbocycles. The van der Waals surface area contributed by atoms with Gasteiger partial charge in [-0.05, 0) is 42.5 Å². The summed E-state index contributed by atoms with van der Waals surface area (Å²) in [6.45, 7) is 0. The molecule has 1 N–H and O–H groups in total. The lowest BCUT2D eigenvalue weighted by molar-refractivity contribution is 0.601. The Hall–Kier alpha value is -1.72. The topological polar surface area (TPSA) is 49.4 Å². The predicted molar refractivity (Wildman–Crippen MR) is 81.9 cm³/mol. The van der Waals surface area contributed by atoms with Gasteiger partial charge in [-0.2, -0.15) is 0 Å². The van der Waals surface area contributed by atoms with Crippen LogP contribution in [0.3, 0.4) is 0 Å². The number of sulfonamides is 1. The highest BCUT2D eigenvalue weighted by Gasteiger charge is 2.14. The van der Waals surface area contributed by atoms with Gasteiger partial charge in [0.25, 0.3) is 10.0 Å². The van der Waals surface area contributed by atoms with Crippen molar-refractivity contribution >= 4 is 33.0 Å². The quantitative estimate of drug-likeness (QED) is 0.944. The molecule has 4 nitrogen and oxygen atoms in total. The summed E-state index contributed by atoms with van der Waals surface area (Å²) >= 11 is 5.73. The van der Waals surface area contributed by atoms with Gasteiger partial charge in [0, 0.05) is 30.9 Å². The molecule has 0 spiro atoms. The number of hydrogen-bond donors (Lipinski definition) is 1. The van der Waals surface area contributed by atoms with Gasteiger partial charge in [-0.3, -0.25) is 4.72 Å². The SMILES string of the molecule is CN(C)c1ccc(S(=O)(=O)Nc2[c]cc(Cl)cc2)cc1. The van der Waals surface area contributed by atoms with Crippen molar-refractivity contribution in [2.45, 2.75) is 4.90 Å². The van der Waals surface area contributed by atoms with Crippen LogP contribution in [0.5, 0.6) is 0 Å². The lowest BCUT2D eigenvalue weighted by Gasteiger charge is -2.13. The molecule has 0 unspecified atom stereocenters. The highest BCUT2D eigenvalue weighted by molar-refractivity contribution is 7.92. The van der Waals surface area contributed by atoms with Crippen LogP contribution < -0.4 is 9.62 Å². The highest BCUT2D eigenvalue weighted by Crippen LogP contribution is 2.20. The number of halogens is 1.